The largest absolute Gasteiger partial charge is 0.476 e. The Balaban J connectivity index is 3.57. The molecule has 0 radical (unpaired) electrons. The van der Waals surface area contributed by atoms with Gasteiger partial charge in [-0.05, 0) is 6.08 Å². The molecule has 1 heterocycles. The zero-order valence-electron chi connectivity index (χ0n) is 7.17. The second-order valence-electron chi connectivity index (χ2n) is 2.49. The van der Waals surface area contributed by atoms with Gasteiger partial charge < -0.3 is 10.8 Å². The van der Waals surface area contributed by atoms with Gasteiger partial charge in [0.05, 0.1) is 5.69 Å². The summed E-state index contributed by atoms with van der Waals surface area (Å²) in [4.78, 5) is 14.1. The third-order valence-electron chi connectivity index (χ3n) is 1.61. The van der Waals surface area contributed by atoms with Crippen molar-refractivity contribution in [1.29, 1.82) is 0 Å². The van der Waals surface area contributed by atoms with Crippen LogP contribution in [-0.2, 0) is 0 Å². The number of carboxylic acid groups (broad SMARTS) is 1. The monoisotopic (exact) mass is 250 g/mol. The van der Waals surface area contributed by atoms with E-state index >= 15 is 0 Å². The lowest BCUT2D eigenvalue weighted by Gasteiger charge is -2.06. The SMILES string of the molecule is Nc1c(F)c(Cl)nc(C(=O)O)c1/C=C/Cl. The van der Waals surface area contributed by atoms with Crippen molar-refractivity contribution < 1.29 is 14.3 Å². The van der Waals surface area contributed by atoms with Gasteiger partial charge in [-0.1, -0.05) is 23.2 Å². The van der Waals surface area contributed by atoms with Crippen LogP contribution in [-0.4, -0.2) is 16.1 Å². The summed E-state index contributed by atoms with van der Waals surface area (Å²) in [6, 6.07) is 0. The van der Waals surface area contributed by atoms with Gasteiger partial charge in [-0.2, -0.15) is 0 Å². The summed E-state index contributed by atoms with van der Waals surface area (Å²) in [6.45, 7) is 0. The van der Waals surface area contributed by atoms with Gasteiger partial charge in [-0.25, -0.2) is 14.2 Å². The van der Waals surface area contributed by atoms with E-state index in [9.17, 15) is 9.18 Å². The van der Waals surface area contributed by atoms with Crippen molar-refractivity contribution in [3.05, 3.63) is 27.8 Å². The van der Waals surface area contributed by atoms with E-state index < -0.39 is 28.3 Å². The number of hydrogen-bond acceptors (Lipinski definition) is 3. The molecule has 80 valence electrons. The fraction of sp³-hybridized carbons (Fsp3) is 0. The molecule has 0 unspecified atom stereocenters. The number of aromatic carboxylic acids is 1. The highest BCUT2D eigenvalue weighted by Gasteiger charge is 2.19. The van der Waals surface area contributed by atoms with Gasteiger partial charge in [0.15, 0.2) is 16.7 Å². The van der Waals surface area contributed by atoms with Gasteiger partial charge in [0.2, 0.25) is 0 Å². The minimum absolute atomic E-state index is 0.112. The molecule has 0 aliphatic rings. The molecule has 0 aromatic carbocycles. The fourth-order valence-electron chi connectivity index (χ4n) is 0.959. The summed E-state index contributed by atoms with van der Waals surface area (Å²) >= 11 is 10.6. The maximum Gasteiger partial charge on any atom is 0.355 e. The van der Waals surface area contributed by atoms with Crippen molar-refractivity contribution in [3.8, 4) is 0 Å². The number of anilines is 1. The van der Waals surface area contributed by atoms with Crippen molar-refractivity contribution in [2.24, 2.45) is 0 Å². The third-order valence-corrected chi connectivity index (χ3v) is 1.98. The fourth-order valence-corrected chi connectivity index (χ4v) is 1.27. The zero-order valence-corrected chi connectivity index (χ0v) is 8.68. The van der Waals surface area contributed by atoms with Crippen LogP contribution in [0.5, 0.6) is 0 Å². The number of nitrogens with two attached hydrogens (primary N) is 1. The Morgan fingerprint density at radius 3 is 2.67 bits per heavy atom. The number of carbonyl (C=O) groups is 1. The first-order chi connectivity index (χ1) is 6.99. The molecular weight excluding hydrogens is 246 g/mol. The number of nitrogens with zero attached hydrogens (tertiary/aromatic N) is 1. The van der Waals surface area contributed by atoms with Crippen LogP contribution in [0.3, 0.4) is 0 Å². The van der Waals surface area contributed by atoms with E-state index in [-0.39, 0.29) is 5.56 Å². The number of pyridine rings is 1. The van der Waals surface area contributed by atoms with Crippen LogP contribution in [0.4, 0.5) is 10.1 Å². The smallest absolute Gasteiger partial charge is 0.355 e. The van der Waals surface area contributed by atoms with Crippen LogP contribution < -0.4 is 5.73 Å². The average Bonchev–Trinajstić information content (AvgIpc) is 2.18. The number of aromatic nitrogens is 1. The summed E-state index contributed by atoms with van der Waals surface area (Å²) in [5, 5.41) is 8.17. The van der Waals surface area contributed by atoms with Gasteiger partial charge in [0.1, 0.15) is 0 Å². The van der Waals surface area contributed by atoms with E-state index in [1.54, 1.807) is 0 Å². The summed E-state index contributed by atoms with van der Waals surface area (Å²) < 4.78 is 13.2. The van der Waals surface area contributed by atoms with Crippen molar-refractivity contribution >= 4 is 40.9 Å². The Bertz CT molecular complexity index is 449. The standard InChI is InChI=1S/C8H5Cl2FN2O2/c9-2-1-3-5(12)4(11)7(10)13-6(3)8(14)15/h1-2H,(H2,12,13)(H,14,15)/b2-1+. The molecule has 1 aromatic rings. The summed E-state index contributed by atoms with van der Waals surface area (Å²) in [7, 11) is 0. The van der Waals surface area contributed by atoms with Crippen molar-refractivity contribution in [3.63, 3.8) is 0 Å². The van der Waals surface area contributed by atoms with Gasteiger partial charge >= 0.3 is 5.97 Å². The molecule has 0 saturated carbocycles. The number of hydrogen-bond donors (Lipinski definition) is 2. The Kier molecular flexibility index (Phi) is 3.49. The Labute approximate surface area is 94.1 Å². The summed E-state index contributed by atoms with van der Waals surface area (Å²) in [6.07, 6.45) is 1.13. The molecule has 0 saturated heterocycles. The zero-order chi connectivity index (χ0) is 11.6. The molecule has 4 nitrogen and oxygen atoms in total. The van der Waals surface area contributed by atoms with Gasteiger partial charge in [-0.3, -0.25) is 0 Å². The van der Waals surface area contributed by atoms with Crippen LogP contribution in [0, 0.1) is 5.82 Å². The minimum Gasteiger partial charge on any atom is -0.476 e. The predicted octanol–water partition coefficient (Wildman–Crippen LogP) is 2.36. The Morgan fingerprint density at radius 1 is 1.60 bits per heavy atom. The van der Waals surface area contributed by atoms with E-state index in [0.29, 0.717) is 0 Å². The second-order valence-corrected chi connectivity index (χ2v) is 3.10. The Hall–Kier alpha value is -1.33. The lowest BCUT2D eigenvalue weighted by Crippen LogP contribution is -2.09. The molecule has 0 aliphatic heterocycles. The number of nitrogen functional groups attached to an aromatic ring is 1. The Morgan fingerprint density at radius 2 is 2.20 bits per heavy atom. The number of carboxylic acids is 1. The topological polar surface area (TPSA) is 76.2 Å². The molecule has 0 amide bonds. The molecule has 0 bridgehead atoms. The van der Waals surface area contributed by atoms with E-state index in [2.05, 4.69) is 4.98 Å². The van der Waals surface area contributed by atoms with Gasteiger partial charge in [-0.15, -0.1) is 0 Å². The van der Waals surface area contributed by atoms with E-state index in [1.165, 1.54) is 0 Å². The molecule has 0 fully saturated rings. The molecule has 1 aromatic heterocycles. The second kappa shape index (κ2) is 4.46. The van der Waals surface area contributed by atoms with Gasteiger partial charge in [0.25, 0.3) is 0 Å². The van der Waals surface area contributed by atoms with E-state index in [0.717, 1.165) is 11.6 Å². The molecule has 3 N–H and O–H groups in total. The molecule has 7 heteroatoms. The lowest BCUT2D eigenvalue weighted by atomic mass is 10.1. The highest BCUT2D eigenvalue weighted by Crippen LogP contribution is 2.26. The predicted molar refractivity (Wildman–Crippen MR) is 55.5 cm³/mol. The molecule has 0 atom stereocenters. The van der Waals surface area contributed by atoms with Crippen molar-refractivity contribution in [2.75, 3.05) is 5.73 Å². The first-order valence-corrected chi connectivity index (χ1v) is 4.45. The lowest BCUT2D eigenvalue weighted by molar-refractivity contribution is 0.0690. The van der Waals surface area contributed by atoms with E-state index in [1.807, 2.05) is 0 Å². The molecule has 1 rings (SSSR count). The van der Waals surface area contributed by atoms with Crippen LogP contribution in [0.25, 0.3) is 6.08 Å². The first-order valence-electron chi connectivity index (χ1n) is 3.63. The number of rotatable bonds is 2. The van der Waals surface area contributed by atoms with Crippen LogP contribution >= 0.6 is 23.2 Å². The minimum atomic E-state index is -1.37. The maximum atomic E-state index is 13.2. The third kappa shape index (κ3) is 2.19. The van der Waals surface area contributed by atoms with Crippen LogP contribution in [0.15, 0.2) is 5.54 Å². The molecular formula is C8H5Cl2FN2O2. The molecule has 0 spiro atoms. The van der Waals surface area contributed by atoms with Crippen LogP contribution in [0.1, 0.15) is 16.1 Å². The summed E-state index contributed by atoms with van der Waals surface area (Å²) in [5.41, 5.74) is 5.38. The van der Waals surface area contributed by atoms with Gasteiger partial charge in [0, 0.05) is 11.1 Å². The van der Waals surface area contributed by atoms with Crippen molar-refractivity contribution in [2.45, 2.75) is 0 Å². The molecule has 15 heavy (non-hydrogen) atoms. The highest BCUT2D eigenvalue weighted by molar-refractivity contribution is 6.30. The van der Waals surface area contributed by atoms with E-state index in [4.69, 9.17) is 34.0 Å². The number of halogens is 3. The van der Waals surface area contributed by atoms with Crippen molar-refractivity contribution in [1.82, 2.24) is 4.98 Å². The first kappa shape index (κ1) is 11.7. The normalized spacial score (nSPS) is 10.9. The quantitative estimate of drug-likeness (QED) is 0.791. The highest BCUT2D eigenvalue weighted by atomic mass is 35.5. The average molecular weight is 251 g/mol. The maximum absolute atomic E-state index is 13.2. The summed E-state index contributed by atoms with van der Waals surface area (Å²) in [5.74, 6) is -2.33. The van der Waals surface area contributed by atoms with Crippen LogP contribution in [0.2, 0.25) is 5.15 Å². The molecule has 0 aliphatic carbocycles.